The van der Waals surface area contributed by atoms with Gasteiger partial charge < -0.3 is 14.4 Å². The zero-order valence-electron chi connectivity index (χ0n) is 10.6. The molecule has 8 heteroatoms. The Morgan fingerprint density at radius 3 is 2.71 bits per heavy atom. The summed E-state index contributed by atoms with van der Waals surface area (Å²) >= 11 is 5.82. The number of nitrogens with zero attached hydrogens (tertiary/aromatic N) is 1. The predicted octanol–water partition coefficient (Wildman–Crippen LogP) is 3.04. The zero-order chi connectivity index (χ0) is 15.3. The molecule has 0 amide bonds. The van der Waals surface area contributed by atoms with Gasteiger partial charge in [0.2, 0.25) is 5.43 Å². The predicted molar refractivity (Wildman–Crippen MR) is 88.7 cm³/mol. The molecule has 1 fully saturated rings. The fourth-order valence-corrected chi connectivity index (χ4v) is 3.73. The van der Waals surface area contributed by atoms with E-state index in [2.05, 4.69) is 17.5 Å². The molecule has 0 bridgehead atoms. The fourth-order valence-electron chi connectivity index (χ4n) is 2.34. The van der Waals surface area contributed by atoms with Gasteiger partial charge in [-0.05, 0) is 41.5 Å². The average molecular weight is 420 g/mol. The highest BCUT2D eigenvalue weighted by Gasteiger charge is 2.28. The van der Waals surface area contributed by atoms with Gasteiger partial charge in [0.25, 0.3) is 0 Å². The number of aromatic carboxylic acids is 1. The molecule has 3 rings (SSSR count). The van der Waals surface area contributed by atoms with Gasteiger partial charge in [0.05, 0.1) is 20.2 Å². The Morgan fingerprint density at radius 2 is 2.19 bits per heavy atom. The minimum Gasteiger partial charge on any atom is -0.477 e. The first-order valence-electron chi connectivity index (χ1n) is 6.16. The van der Waals surface area contributed by atoms with Crippen LogP contribution in [0.3, 0.4) is 0 Å². The summed E-state index contributed by atoms with van der Waals surface area (Å²) in [7, 11) is 0. The lowest BCUT2D eigenvalue weighted by Crippen LogP contribution is -2.19. The number of carbonyl (C=O) groups is 1. The van der Waals surface area contributed by atoms with Gasteiger partial charge in [0.1, 0.15) is 11.4 Å². The number of rotatable bonds is 3. The zero-order valence-corrected chi connectivity index (χ0v) is 13.6. The van der Waals surface area contributed by atoms with E-state index >= 15 is 0 Å². The number of nitrogens with one attached hydrogen (secondary N) is 1. The number of hydrogen-bond donors (Lipinski definition) is 3. The van der Waals surface area contributed by atoms with E-state index in [0.29, 0.717) is 9.09 Å². The molecule has 1 saturated carbocycles. The van der Waals surface area contributed by atoms with Crippen LogP contribution in [0.15, 0.2) is 17.1 Å². The van der Waals surface area contributed by atoms with E-state index in [4.69, 9.17) is 5.11 Å². The number of hydrogen-bond acceptors (Lipinski definition) is 4. The summed E-state index contributed by atoms with van der Waals surface area (Å²) < 4.78 is 18.8. The first-order valence-corrected chi connectivity index (χ1v) is 7.68. The summed E-state index contributed by atoms with van der Waals surface area (Å²) in [6.07, 6.45) is 3.18. The molecule has 0 unspecified atom stereocenters. The quantitative estimate of drug-likeness (QED) is 0.528. The first kappa shape index (κ1) is 14.6. The molecule has 110 valence electrons. The minimum atomic E-state index is -1.30. The number of carboxylic acids is 1. The van der Waals surface area contributed by atoms with Gasteiger partial charge in [-0.3, -0.25) is 4.79 Å². The molecule has 1 aromatic carbocycles. The second kappa shape index (κ2) is 5.16. The molecule has 0 radical (unpaired) electrons. The van der Waals surface area contributed by atoms with Gasteiger partial charge >= 0.3 is 5.97 Å². The highest BCUT2D eigenvalue weighted by molar-refractivity contribution is 14.1. The van der Waals surface area contributed by atoms with Crippen molar-refractivity contribution in [1.82, 2.24) is 4.57 Å². The third-order valence-corrected chi connectivity index (χ3v) is 4.76. The molecule has 0 saturated heterocycles. The molecule has 0 aliphatic heterocycles. The van der Waals surface area contributed by atoms with Gasteiger partial charge in [0.15, 0.2) is 0 Å². The number of thiol groups is 1. The van der Waals surface area contributed by atoms with E-state index in [1.165, 1.54) is 6.20 Å². The van der Waals surface area contributed by atoms with Gasteiger partial charge in [-0.15, -0.1) is 0 Å². The molecule has 1 aromatic heterocycles. The van der Waals surface area contributed by atoms with Crippen LogP contribution in [0.1, 0.15) is 29.2 Å². The van der Waals surface area contributed by atoms with Crippen LogP contribution >= 0.6 is 35.4 Å². The van der Waals surface area contributed by atoms with Crippen LogP contribution < -0.4 is 10.2 Å². The highest BCUT2D eigenvalue weighted by atomic mass is 127. The molecule has 0 spiro atoms. The molecular weight excluding hydrogens is 410 g/mol. The lowest BCUT2D eigenvalue weighted by molar-refractivity contribution is 0.0695. The van der Waals surface area contributed by atoms with Crippen LogP contribution in [0, 0.1) is 9.39 Å². The van der Waals surface area contributed by atoms with Crippen LogP contribution in [0.5, 0.6) is 0 Å². The molecule has 1 aliphatic rings. The number of halogens is 2. The summed E-state index contributed by atoms with van der Waals surface area (Å²) in [6, 6.07) is 1.22. The first-order chi connectivity index (χ1) is 9.95. The van der Waals surface area contributed by atoms with Crippen molar-refractivity contribution in [3.05, 3.63) is 37.4 Å². The Morgan fingerprint density at radius 1 is 1.52 bits per heavy atom. The average Bonchev–Trinajstić information content (AvgIpc) is 3.24. The number of fused-ring (bicyclic) bond motifs is 1. The smallest absolute Gasteiger partial charge is 0.341 e. The fraction of sp³-hybridized carbons (Fsp3) is 0.231. The SMILES string of the molecule is O=C(O)c1cn(C2CC2)c2c(I)c(NS)c(F)cc2c1=O. The Bertz CT molecular complexity index is 833. The van der Waals surface area contributed by atoms with Crippen molar-refractivity contribution >= 4 is 58.0 Å². The van der Waals surface area contributed by atoms with Gasteiger partial charge in [-0.2, -0.15) is 0 Å². The third kappa shape index (κ3) is 2.30. The number of pyridine rings is 1. The highest BCUT2D eigenvalue weighted by Crippen LogP contribution is 2.39. The van der Waals surface area contributed by atoms with E-state index in [1.807, 2.05) is 22.6 Å². The molecule has 1 heterocycles. The summed E-state index contributed by atoms with van der Waals surface area (Å²) in [5.41, 5.74) is -0.275. The van der Waals surface area contributed by atoms with Gasteiger partial charge in [-0.25, -0.2) is 9.18 Å². The van der Waals surface area contributed by atoms with Crippen LogP contribution in [0.2, 0.25) is 0 Å². The van der Waals surface area contributed by atoms with Crippen molar-refractivity contribution in [2.24, 2.45) is 0 Å². The second-order valence-electron chi connectivity index (χ2n) is 4.87. The Labute approximate surface area is 137 Å². The molecule has 0 atom stereocenters. The van der Waals surface area contributed by atoms with Crippen molar-refractivity contribution in [3.8, 4) is 0 Å². The summed E-state index contributed by atoms with van der Waals surface area (Å²) in [5, 5.41) is 9.24. The van der Waals surface area contributed by atoms with Gasteiger partial charge in [0, 0.05) is 12.2 Å². The van der Waals surface area contributed by atoms with Crippen molar-refractivity contribution in [2.45, 2.75) is 18.9 Å². The Hall–Kier alpha value is -1.29. The van der Waals surface area contributed by atoms with Crippen LogP contribution in [0.4, 0.5) is 10.1 Å². The van der Waals surface area contributed by atoms with Crippen molar-refractivity contribution < 1.29 is 14.3 Å². The van der Waals surface area contributed by atoms with E-state index in [-0.39, 0.29) is 22.7 Å². The maximum Gasteiger partial charge on any atom is 0.341 e. The third-order valence-electron chi connectivity index (χ3n) is 3.49. The lowest BCUT2D eigenvalue weighted by Gasteiger charge is -2.15. The molecule has 2 aromatic rings. The van der Waals surface area contributed by atoms with Gasteiger partial charge in [-0.1, -0.05) is 12.8 Å². The Balaban J connectivity index is 2.50. The summed E-state index contributed by atoms with van der Waals surface area (Å²) in [4.78, 5) is 23.5. The van der Waals surface area contributed by atoms with E-state index < -0.39 is 17.2 Å². The van der Waals surface area contributed by atoms with Crippen LogP contribution in [0.25, 0.3) is 10.9 Å². The molecule has 2 N–H and O–H groups in total. The van der Waals surface area contributed by atoms with Crippen LogP contribution in [-0.4, -0.2) is 15.6 Å². The molecule has 5 nitrogen and oxygen atoms in total. The van der Waals surface area contributed by atoms with Crippen LogP contribution in [-0.2, 0) is 0 Å². The summed E-state index contributed by atoms with van der Waals surface area (Å²) in [5.74, 6) is -1.94. The topological polar surface area (TPSA) is 71.3 Å². The van der Waals surface area contributed by atoms with E-state index in [1.54, 1.807) is 4.57 Å². The second-order valence-corrected chi connectivity index (χ2v) is 6.17. The minimum absolute atomic E-state index is 0.0797. The van der Waals surface area contributed by atoms with Crippen molar-refractivity contribution in [2.75, 3.05) is 4.72 Å². The number of anilines is 1. The largest absolute Gasteiger partial charge is 0.477 e. The lowest BCUT2D eigenvalue weighted by atomic mass is 10.1. The number of benzene rings is 1. The summed E-state index contributed by atoms with van der Waals surface area (Å²) in [6.45, 7) is 0. The van der Waals surface area contributed by atoms with Crippen molar-refractivity contribution in [1.29, 1.82) is 0 Å². The maximum absolute atomic E-state index is 14.0. The van der Waals surface area contributed by atoms with E-state index in [9.17, 15) is 14.0 Å². The van der Waals surface area contributed by atoms with Crippen molar-refractivity contribution in [3.63, 3.8) is 0 Å². The number of aromatic nitrogens is 1. The molecule has 21 heavy (non-hydrogen) atoms. The standard InChI is InChI=1S/C13H10FIN2O3S/c14-8-3-6-11(9(15)10(8)16-21)17(5-1-2-5)4-7(12(6)18)13(19)20/h3-5,16,21H,1-2H2,(H,19,20). The molecular formula is C13H10FIN2O3S. The monoisotopic (exact) mass is 420 g/mol. The normalized spacial score (nSPS) is 14.4. The maximum atomic E-state index is 14.0. The number of carboxylic acid groups (broad SMARTS) is 1. The Kier molecular flexibility index (Phi) is 3.60. The molecule has 1 aliphatic carbocycles. The van der Waals surface area contributed by atoms with E-state index in [0.717, 1.165) is 18.9 Å².